The van der Waals surface area contributed by atoms with Crippen LogP contribution < -0.4 is 0 Å². The van der Waals surface area contributed by atoms with Crippen LogP contribution in [0.15, 0.2) is 0 Å². The van der Waals surface area contributed by atoms with Crippen molar-refractivity contribution in [2.24, 2.45) is 0 Å². The first-order chi connectivity index (χ1) is 4.64. The normalized spacial score (nSPS) is 11.5. The summed E-state index contributed by atoms with van der Waals surface area (Å²) in [5.74, 6) is 0. The fourth-order valence-corrected chi connectivity index (χ4v) is 0. The molecule has 0 aromatic rings. The highest BCUT2D eigenvalue weighted by atomic mass is 35.6. The minimum absolute atomic E-state index is 0.673. The second-order valence-electron chi connectivity index (χ2n) is 1.10. The minimum Gasteiger partial charge on any atom is -0.102 e. The van der Waals surface area contributed by atoms with E-state index in [9.17, 15) is 0 Å². The van der Waals surface area contributed by atoms with E-state index in [1.807, 2.05) is 0 Å². The van der Waals surface area contributed by atoms with Crippen LogP contribution in [0.2, 0.25) is 0 Å². The molecule has 11 heavy (non-hydrogen) atoms. The van der Waals surface area contributed by atoms with E-state index in [0.717, 1.165) is 0 Å². The second-order valence-corrected chi connectivity index (χ2v) is 6.85. The van der Waals surface area contributed by atoms with E-state index in [0.29, 0.717) is 0 Å². The van der Waals surface area contributed by atoms with Gasteiger partial charge in [-0.05, 0) is 0 Å². The van der Waals surface area contributed by atoms with Gasteiger partial charge in [-0.2, -0.15) is 0 Å². The van der Waals surface area contributed by atoms with E-state index in [1.165, 1.54) is 0 Å². The van der Waals surface area contributed by atoms with Crippen molar-refractivity contribution < 1.29 is 0 Å². The van der Waals surface area contributed by atoms with Gasteiger partial charge in [-0.25, -0.2) is 0 Å². The molecule has 0 aromatic heterocycles. The molecule has 8 heteroatoms. The van der Waals surface area contributed by atoms with Gasteiger partial charge in [0.25, 0.3) is 3.25 Å². The van der Waals surface area contributed by atoms with E-state index >= 15 is 0 Å². The highest BCUT2D eigenvalue weighted by Crippen LogP contribution is 2.29. The maximum Gasteiger partial charge on any atom is 0.266 e. The van der Waals surface area contributed by atoms with Crippen molar-refractivity contribution in [3.8, 4) is 0 Å². The predicted molar refractivity (Wildman–Crippen MR) is 57.1 cm³/mol. The summed E-state index contributed by atoms with van der Waals surface area (Å²) < 4.78 is -1.61. The summed E-state index contributed by atoms with van der Waals surface area (Å²) in [6, 6.07) is 0. The van der Waals surface area contributed by atoms with Gasteiger partial charge in [-0.15, -0.1) is 46.4 Å². The van der Waals surface area contributed by atoms with Gasteiger partial charge in [0.05, 0.1) is 0 Å². The topological polar surface area (TPSA) is 0 Å². The Balaban J connectivity index is 0. The van der Waals surface area contributed by atoms with Gasteiger partial charge < -0.3 is 0 Å². The molecule has 0 bridgehead atoms. The lowest BCUT2D eigenvalue weighted by Crippen LogP contribution is -1.96. The maximum absolute atomic E-state index is 5.11. The smallest absolute Gasteiger partial charge is 0.102 e. The maximum atomic E-state index is 5.11. The number of hydrogen-bond donors (Lipinski definition) is 0. The van der Waals surface area contributed by atoms with Crippen molar-refractivity contribution in [3.63, 3.8) is 0 Å². The lowest BCUT2D eigenvalue weighted by molar-refractivity contribution is 1.29. The zero-order chi connectivity index (χ0) is 9.65. The van der Waals surface area contributed by atoms with Crippen LogP contribution in [0.25, 0.3) is 0 Å². The number of alkyl halides is 8. The molecule has 0 radical (unpaired) electrons. The van der Waals surface area contributed by atoms with Gasteiger partial charge in [0.1, 0.15) is 9.67 Å². The van der Waals surface area contributed by atoms with Crippen LogP contribution in [-0.2, 0) is 0 Å². The number of hydrogen-bond acceptors (Lipinski definition) is 0. The Morgan fingerprint density at radius 1 is 0.636 bits per heavy atom. The third kappa shape index (κ3) is 32.9. The van der Waals surface area contributed by atoms with Crippen molar-refractivity contribution in [1.29, 1.82) is 0 Å². The van der Waals surface area contributed by atoms with Gasteiger partial charge in [-0.1, -0.05) is 46.4 Å². The monoisotopic (exact) mass is 318 g/mol. The summed E-state index contributed by atoms with van der Waals surface area (Å²) in [7, 11) is 0. The van der Waals surface area contributed by atoms with Crippen LogP contribution in [0.1, 0.15) is 0 Å². The van der Waals surface area contributed by atoms with E-state index in [2.05, 4.69) is 0 Å². The fraction of sp³-hybridized carbons (Fsp3) is 1.00. The summed E-state index contributed by atoms with van der Waals surface area (Å²) in [4.78, 5) is -1.35. The van der Waals surface area contributed by atoms with E-state index < -0.39 is 12.9 Å². The first kappa shape index (κ1) is 15.8. The van der Waals surface area contributed by atoms with E-state index in [4.69, 9.17) is 92.8 Å². The lowest BCUT2D eigenvalue weighted by Gasteiger charge is -1.95. The van der Waals surface area contributed by atoms with Crippen molar-refractivity contribution >= 4 is 92.8 Å². The average molecular weight is 322 g/mol. The second kappa shape index (κ2) is 7.70. The number of rotatable bonds is 1. The summed E-state index contributed by atoms with van der Waals surface area (Å²) >= 11 is 39.8. The first-order valence-corrected chi connectivity index (χ1v) is 5.22. The van der Waals surface area contributed by atoms with Crippen LogP contribution in [0.3, 0.4) is 0 Å². The zero-order valence-corrected chi connectivity index (χ0v) is 10.7. The molecule has 0 heterocycles. The molecule has 0 fully saturated rings. The molecule has 0 rings (SSSR count). The first-order valence-electron chi connectivity index (χ1n) is 1.96. The van der Waals surface area contributed by atoms with Gasteiger partial charge in [0.2, 0.25) is 0 Å². The molecule has 70 valence electrons. The molecule has 0 saturated carbocycles. The minimum atomic E-state index is -1.61. The Bertz CT molecular complexity index is 69.8. The standard InChI is InChI=1S/C2H2Cl4.CCl4/c3-1(4)2(5)6;2-1(3,4)5/h1-2H;. The van der Waals surface area contributed by atoms with Crippen LogP contribution in [0.5, 0.6) is 0 Å². The summed E-state index contributed by atoms with van der Waals surface area (Å²) in [5.41, 5.74) is 0. The molecule has 0 atom stereocenters. The highest BCUT2D eigenvalue weighted by molar-refractivity contribution is 6.83. The molecule has 0 amide bonds. The average Bonchev–Trinajstić information content (AvgIpc) is 1.59. The summed E-state index contributed by atoms with van der Waals surface area (Å²) in [6.07, 6.45) is 0. The highest BCUT2D eigenvalue weighted by Gasteiger charge is 2.11. The van der Waals surface area contributed by atoms with E-state index in [-0.39, 0.29) is 0 Å². The fourth-order valence-electron chi connectivity index (χ4n) is 0. The molecule has 0 nitrogen and oxygen atoms in total. The Kier molecular flexibility index (Phi) is 11.0. The third-order valence-electron chi connectivity index (χ3n) is 0.190. The van der Waals surface area contributed by atoms with Gasteiger partial charge in [0.15, 0.2) is 0 Å². The van der Waals surface area contributed by atoms with Crippen LogP contribution in [0, 0.1) is 0 Å². The van der Waals surface area contributed by atoms with Gasteiger partial charge in [-0.3, -0.25) is 0 Å². The van der Waals surface area contributed by atoms with Crippen LogP contribution in [-0.4, -0.2) is 12.9 Å². The summed E-state index contributed by atoms with van der Waals surface area (Å²) in [6.45, 7) is 0. The molecule has 0 aliphatic rings. The van der Waals surface area contributed by atoms with Crippen molar-refractivity contribution in [3.05, 3.63) is 0 Å². The van der Waals surface area contributed by atoms with Crippen molar-refractivity contribution in [1.82, 2.24) is 0 Å². The molecule has 0 aliphatic carbocycles. The van der Waals surface area contributed by atoms with Crippen LogP contribution in [0.4, 0.5) is 0 Å². The number of halogens is 8. The molecule has 0 unspecified atom stereocenters. The molecule has 0 spiro atoms. The lowest BCUT2D eigenvalue weighted by atomic mass is 10.9. The molecule has 0 aliphatic heterocycles. The SMILES string of the molecule is ClC(Cl)(Cl)Cl.ClC(Cl)C(Cl)Cl. The largest absolute Gasteiger partial charge is 0.266 e. The quantitative estimate of drug-likeness (QED) is 0.586. The van der Waals surface area contributed by atoms with Crippen molar-refractivity contribution in [2.45, 2.75) is 12.9 Å². The molecule has 0 N–H and O–H groups in total. The van der Waals surface area contributed by atoms with Crippen LogP contribution >= 0.6 is 92.8 Å². The van der Waals surface area contributed by atoms with Gasteiger partial charge in [0, 0.05) is 0 Å². The third-order valence-corrected chi connectivity index (χ3v) is 1.71. The molecule has 0 saturated heterocycles. The van der Waals surface area contributed by atoms with E-state index in [1.54, 1.807) is 0 Å². The Morgan fingerprint density at radius 3 is 0.727 bits per heavy atom. The van der Waals surface area contributed by atoms with Crippen molar-refractivity contribution in [2.75, 3.05) is 0 Å². The van der Waals surface area contributed by atoms with Gasteiger partial charge >= 0.3 is 0 Å². The molecular weight excluding hydrogens is 320 g/mol. The Labute approximate surface area is 105 Å². The molecule has 0 aromatic carbocycles. The zero-order valence-electron chi connectivity index (χ0n) is 4.68. The predicted octanol–water partition coefficient (Wildman–Crippen LogP) is 5.15. The molecular formula is C3H2Cl8. The summed E-state index contributed by atoms with van der Waals surface area (Å²) in [5, 5.41) is 0. The Hall–Kier alpha value is 2.32. The Morgan fingerprint density at radius 2 is 0.727 bits per heavy atom.